The Balaban J connectivity index is 2.53. The standard InChI is InChI=1S/C9H15N3O4S/c1-16-9(13)8-17(14,15)12-6-4-11(3-2-10)5-7-12/h3-8H2,1H3. The summed E-state index contributed by atoms with van der Waals surface area (Å²) in [6.07, 6.45) is 0. The Labute approximate surface area is 101 Å². The van der Waals surface area contributed by atoms with Gasteiger partial charge >= 0.3 is 5.97 Å². The minimum Gasteiger partial charge on any atom is -0.468 e. The first-order chi connectivity index (χ1) is 7.99. The molecule has 1 aliphatic rings. The second-order valence-corrected chi connectivity index (χ2v) is 5.63. The van der Waals surface area contributed by atoms with Crippen molar-refractivity contribution in [3.63, 3.8) is 0 Å². The maximum absolute atomic E-state index is 11.8. The molecule has 0 saturated carbocycles. The van der Waals surface area contributed by atoms with Gasteiger partial charge in [0, 0.05) is 26.2 Å². The van der Waals surface area contributed by atoms with Gasteiger partial charge in [0.25, 0.3) is 0 Å². The summed E-state index contributed by atoms with van der Waals surface area (Å²) in [6, 6.07) is 2.02. The van der Waals surface area contributed by atoms with Gasteiger partial charge in [0.15, 0.2) is 5.75 Å². The molecule has 0 amide bonds. The topological polar surface area (TPSA) is 90.7 Å². The Morgan fingerprint density at radius 1 is 1.35 bits per heavy atom. The molecule has 17 heavy (non-hydrogen) atoms. The van der Waals surface area contributed by atoms with Gasteiger partial charge < -0.3 is 4.74 Å². The molecule has 96 valence electrons. The number of esters is 1. The lowest BCUT2D eigenvalue weighted by Gasteiger charge is -2.32. The molecule has 1 saturated heterocycles. The molecule has 7 nitrogen and oxygen atoms in total. The lowest BCUT2D eigenvalue weighted by Crippen LogP contribution is -2.49. The molecule has 1 rings (SSSR count). The summed E-state index contributed by atoms with van der Waals surface area (Å²) in [6.45, 7) is 1.93. The number of methoxy groups -OCH3 is 1. The van der Waals surface area contributed by atoms with Gasteiger partial charge in [-0.1, -0.05) is 0 Å². The Bertz CT molecular complexity index is 406. The minimum atomic E-state index is -3.58. The number of rotatable bonds is 4. The molecule has 8 heteroatoms. The van der Waals surface area contributed by atoms with E-state index in [4.69, 9.17) is 5.26 Å². The number of carbonyl (C=O) groups excluding carboxylic acids is 1. The maximum Gasteiger partial charge on any atom is 0.322 e. The van der Waals surface area contributed by atoms with Crippen molar-refractivity contribution in [1.29, 1.82) is 5.26 Å². The average molecular weight is 261 g/mol. The Kier molecular flexibility index (Phi) is 4.86. The van der Waals surface area contributed by atoms with Gasteiger partial charge in [0.1, 0.15) is 0 Å². The third-order valence-corrected chi connectivity index (χ3v) is 4.30. The third-order valence-electron chi connectivity index (χ3n) is 2.55. The largest absolute Gasteiger partial charge is 0.468 e. The molecule has 0 unspecified atom stereocenters. The van der Waals surface area contributed by atoms with Crippen LogP contribution in [0.5, 0.6) is 0 Å². The van der Waals surface area contributed by atoms with Crippen molar-refractivity contribution in [2.24, 2.45) is 0 Å². The zero-order valence-electron chi connectivity index (χ0n) is 9.63. The highest BCUT2D eigenvalue weighted by atomic mass is 32.2. The van der Waals surface area contributed by atoms with E-state index in [1.807, 2.05) is 11.0 Å². The number of carbonyl (C=O) groups is 1. The van der Waals surface area contributed by atoms with Gasteiger partial charge in [-0.25, -0.2) is 8.42 Å². The first kappa shape index (κ1) is 13.9. The molecule has 0 spiro atoms. The van der Waals surface area contributed by atoms with Gasteiger partial charge in [-0.15, -0.1) is 0 Å². The van der Waals surface area contributed by atoms with Crippen molar-refractivity contribution in [3.8, 4) is 6.07 Å². The fraction of sp³-hybridized carbons (Fsp3) is 0.778. The molecular weight excluding hydrogens is 246 g/mol. The van der Waals surface area contributed by atoms with E-state index in [1.165, 1.54) is 4.31 Å². The van der Waals surface area contributed by atoms with Crippen molar-refractivity contribution < 1.29 is 17.9 Å². The Hall–Kier alpha value is -1.17. The first-order valence-electron chi connectivity index (χ1n) is 5.13. The van der Waals surface area contributed by atoms with Crippen LogP contribution in [0.2, 0.25) is 0 Å². The van der Waals surface area contributed by atoms with E-state index >= 15 is 0 Å². The van der Waals surface area contributed by atoms with E-state index in [0.717, 1.165) is 7.11 Å². The number of hydrogen-bond acceptors (Lipinski definition) is 6. The van der Waals surface area contributed by atoms with Crippen LogP contribution in [0.1, 0.15) is 0 Å². The van der Waals surface area contributed by atoms with Crippen LogP contribution in [0.4, 0.5) is 0 Å². The van der Waals surface area contributed by atoms with Gasteiger partial charge in [0.05, 0.1) is 19.7 Å². The summed E-state index contributed by atoms with van der Waals surface area (Å²) in [7, 11) is -2.43. The second-order valence-electron chi connectivity index (χ2n) is 3.67. The summed E-state index contributed by atoms with van der Waals surface area (Å²) < 4.78 is 29.1. The Morgan fingerprint density at radius 2 is 1.94 bits per heavy atom. The summed E-state index contributed by atoms with van der Waals surface area (Å²) in [5, 5.41) is 8.51. The van der Waals surface area contributed by atoms with Crippen LogP contribution in [0.15, 0.2) is 0 Å². The highest BCUT2D eigenvalue weighted by molar-refractivity contribution is 7.89. The molecule has 0 aromatic carbocycles. The molecule has 0 aromatic rings. The lowest BCUT2D eigenvalue weighted by atomic mass is 10.4. The lowest BCUT2D eigenvalue weighted by molar-refractivity contribution is -0.137. The zero-order chi connectivity index (χ0) is 12.9. The average Bonchev–Trinajstić information content (AvgIpc) is 2.29. The fourth-order valence-corrected chi connectivity index (χ4v) is 2.88. The van der Waals surface area contributed by atoms with Crippen LogP contribution in [0.25, 0.3) is 0 Å². The van der Waals surface area contributed by atoms with Crippen LogP contribution < -0.4 is 0 Å². The molecule has 0 N–H and O–H groups in total. The van der Waals surface area contributed by atoms with E-state index < -0.39 is 21.7 Å². The van der Waals surface area contributed by atoms with Crippen molar-refractivity contribution in [1.82, 2.24) is 9.21 Å². The van der Waals surface area contributed by atoms with E-state index in [9.17, 15) is 13.2 Å². The smallest absolute Gasteiger partial charge is 0.322 e. The number of sulfonamides is 1. The van der Waals surface area contributed by atoms with E-state index in [1.54, 1.807) is 0 Å². The summed E-state index contributed by atoms with van der Waals surface area (Å²) in [5.74, 6) is -1.38. The number of ether oxygens (including phenoxy) is 1. The molecule has 0 atom stereocenters. The quantitative estimate of drug-likeness (QED) is 0.458. The van der Waals surface area contributed by atoms with E-state index in [2.05, 4.69) is 4.74 Å². The first-order valence-corrected chi connectivity index (χ1v) is 6.74. The zero-order valence-corrected chi connectivity index (χ0v) is 10.4. The van der Waals surface area contributed by atoms with Crippen LogP contribution in [-0.2, 0) is 19.6 Å². The predicted octanol–water partition coefficient (Wildman–Crippen LogP) is -1.37. The van der Waals surface area contributed by atoms with Gasteiger partial charge in [-0.3, -0.25) is 9.69 Å². The molecule has 1 fully saturated rings. The molecule has 0 radical (unpaired) electrons. The number of nitrogens with zero attached hydrogens (tertiary/aromatic N) is 3. The number of nitriles is 1. The van der Waals surface area contributed by atoms with Crippen molar-refractivity contribution in [2.45, 2.75) is 0 Å². The van der Waals surface area contributed by atoms with Crippen molar-refractivity contribution >= 4 is 16.0 Å². The van der Waals surface area contributed by atoms with Crippen LogP contribution in [-0.4, -0.2) is 69.2 Å². The highest BCUT2D eigenvalue weighted by Gasteiger charge is 2.29. The SMILES string of the molecule is COC(=O)CS(=O)(=O)N1CCN(CC#N)CC1. The normalized spacial score (nSPS) is 18.6. The second kappa shape index (κ2) is 5.95. The van der Waals surface area contributed by atoms with Gasteiger partial charge in [-0.05, 0) is 0 Å². The predicted molar refractivity (Wildman–Crippen MR) is 59.4 cm³/mol. The van der Waals surface area contributed by atoms with E-state index in [-0.39, 0.29) is 0 Å². The molecular formula is C9H15N3O4S. The monoisotopic (exact) mass is 261 g/mol. The molecule has 0 bridgehead atoms. The Morgan fingerprint density at radius 3 is 2.41 bits per heavy atom. The van der Waals surface area contributed by atoms with Crippen LogP contribution >= 0.6 is 0 Å². The molecule has 1 aliphatic heterocycles. The summed E-state index contributed by atoms with van der Waals surface area (Å²) in [5.41, 5.74) is 0. The number of piperazine rings is 1. The number of hydrogen-bond donors (Lipinski definition) is 0. The van der Waals surface area contributed by atoms with Gasteiger partial charge in [0.2, 0.25) is 10.0 Å². The van der Waals surface area contributed by atoms with Crippen LogP contribution in [0.3, 0.4) is 0 Å². The van der Waals surface area contributed by atoms with Crippen molar-refractivity contribution in [2.75, 3.05) is 45.6 Å². The molecule has 1 heterocycles. The molecule has 0 aliphatic carbocycles. The summed E-state index contributed by atoms with van der Waals surface area (Å²) in [4.78, 5) is 12.8. The van der Waals surface area contributed by atoms with Gasteiger partial charge in [-0.2, -0.15) is 9.57 Å². The van der Waals surface area contributed by atoms with Crippen LogP contribution in [0, 0.1) is 11.3 Å². The fourth-order valence-electron chi connectivity index (χ4n) is 1.56. The minimum absolute atomic E-state index is 0.297. The van der Waals surface area contributed by atoms with E-state index in [0.29, 0.717) is 32.7 Å². The maximum atomic E-state index is 11.8. The molecule has 0 aromatic heterocycles. The summed E-state index contributed by atoms with van der Waals surface area (Å²) >= 11 is 0. The highest BCUT2D eigenvalue weighted by Crippen LogP contribution is 2.08. The van der Waals surface area contributed by atoms with Crippen molar-refractivity contribution in [3.05, 3.63) is 0 Å². The third kappa shape index (κ3) is 3.96.